The first-order chi connectivity index (χ1) is 9.31. The lowest BCUT2D eigenvalue weighted by atomic mass is 9.95. The van der Waals surface area contributed by atoms with Crippen molar-refractivity contribution in [1.82, 2.24) is 4.98 Å². The Morgan fingerprint density at radius 1 is 1.00 bits per heavy atom. The Bertz CT molecular complexity index is 712. The van der Waals surface area contributed by atoms with Gasteiger partial charge in [-0.3, -0.25) is 4.79 Å². The van der Waals surface area contributed by atoms with Gasteiger partial charge in [0.25, 0.3) is 0 Å². The molecule has 3 rings (SSSR count). The standard InChI is InChI=1S/C17H15NO/c1-12(13-7-3-2-4-8-13)17-15(11-19)14-9-5-6-10-16(14)18-17/h2-12,18H,1H3. The second kappa shape index (κ2) is 4.73. The van der Waals surface area contributed by atoms with Crippen LogP contribution in [0.5, 0.6) is 0 Å². The van der Waals surface area contributed by atoms with Crippen LogP contribution in [0.2, 0.25) is 0 Å². The number of hydrogen-bond donors (Lipinski definition) is 1. The molecule has 1 unspecified atom stereocenters. The van der Waals surface area contributed by atoms with E-state index in [2.05, 4.69) is 24.0 Å². The third-order valence-electron chi connectivity index (χ3n) is 3.63. The molecule has 1 heterocycles. The van der Waals surface area contributed by atoms with E-state index in [4.69, 9.17) is 0 Å². The van der Waals surface area contributed by atoms with Crippen LogP contribution in [0, 0.1) is 0 Å². The van der Waals surface area contributed by atoms with Crippen molar-refractivity contribution in [3.8, 4) is 0 Å². The monoisotopic (exact) mass is 249 g/mol. The first-order valence-electron chi connectivity index (χ1n) is 6.42. The number of aldehydes is 1. The predicted octanol–water partition coefficient (Wildman–Crippen LogP) is 4.13. The van der Waals surface area contributed by atoms with E-state index in [9.17, 15) is 4.79 Å². The molecule has 2 nitrogen and oxygen atoms in total. The zero-order valence-corrected chi connectivity index (χ0v) is 10.8. The molecule has 0 bridgehead atoms. The molecule has 2 heteroatoms. The highest BCUT2D eigenvalue weighted by Gasteiger charge is 2.17. The lowest BCUT2D eigenvalue weighted by Crippen LogP contribution is -1.99. The third kappa shape index (κ3) is 1.95. The Morgan fingerprint density at radius 2 is 1.68 bits per heavy atom. The number of hydrogen-bond acceptors (Lipinski definition) is 1. The van der Waals surface area contributed by atoms with Crippen LogP contribution in [-0.4, -0.2) is 11.3 Å². The van der Waals surface area contributed by atoms with Crippen LogP contribution in [-0.2, 0) is 0 Å². The fourth-order valence-corrected chi connectivity index (χ4v) is 2.56. The fourth-order valence-electron chi connectivity index (χ4n) is 2.56. The largest absolute Gasteiger partial charge is 0.357 e. The van der Waals surface area contributed by atoms with Crippen LogP contribution in [0.3, 0.4) is 0 Å². The van der Waals surface area contributed by atoms with Crippen molar-refractivity contribution in [3.05, 3.63) is 71.4 Å². The number of benzene rings is 2. The molecule has 0 saturated carbocycles. The zero-order chi connectivity index (χ0) is 13.2. The maximum atomic E-state index is 11.4. The highest BCUT2D eigenvalue weighted by Crippen LogP contribution is 2.30. The molecule has 0 saturated heterocycles. The molecule has 1 atom stereocenters. The number of aromatic amines is 1. The van der Waals surface area contributed by atoms with Gasteiger partial charge in [-0.05, 0) is 11.6 Å². The Kier molecular flexibility index (Phi) is 2.92. The third-order valence-corrected chi connectivity index (χ3v) is 3.63. The number of para-hydroxylation sites is 1. The molecule has 0 aliphatic carbocycles. The van der Waals surface area contributed by atoms with E-state index in [-0.39, 0.29) is 5.92 Å². The number of carbonyl (C=O) groups excluding carboxylic acids is 1. The number of aromatic nitrogens is 1. The van der Waals surface area contributed by atoms with Crippen molar-refractivity contribution in [1.29, 1.82) is 0 Å². The van der Waals surface area contributed by atoms with Gasteiger partial charge < -0.3 is 4.98 Å². The summed E-state index contributed by atoms with van der Waals surface area (Å²) in [5.41, 5.74) is 3.98. The Hall–Kier alpha value is -2.35. The van der Waals surface area contributed by atoms with Crippen molar-refractivity contribution in [3.63, 3.8) is 0 Å². The van der Waals surface area contributed by atoms with Gasteiger partial charge in [0.15, 0.2) is 6.29 Å². The van der Waals surface area contributed by atoms with Gasteiger partial charge in [-0.1, -0.05) is 55.5 Å². The number of nitrogens with one attached hydrogen (secondary N) is 1. The Balaban J connectivity index is 2.17. The van der Waals surface area contributed by atoms with Gasteiger partial charge >= 0.3 is 0 Å². The molecular formula is C17H15NO. The molecule has 0 spiro atoms. The van der Waals surface area contributed by atoms with Crippen molar-refractivity contribution in [2.24, 2.45) is 0 Å². The van der Waals surface area contributed by atoms with Crippen molar-refractivity contribution in [2.45, 2.75) is 12.8 Å². The first kappa shape index (κ1) is 11.7. The van der Waals surface area contributed by atoms with Gasteiger partial charge in [-0.15, -0.1) is 0 Å². The first-order valence-corrected chi connectivity index (χ1v) is 6.42. The minimum absolute atomic E-state index is 0.175. The molecule has 1 aromatic heterocycles. The summed E-state index contributed by atoms with van der Waals surface area (Å²) in [6.45, 7) is 2.12. The number of H-pyrrole nitrogens is 1. The van der Waals surface area contributed by atoms with Crippen molar-refractivity contribution < 1.29 is 4.79 Å². The molecule has 3 aromatic rings. The van der Waals surface area contributed by atoms with Gasteiger partial charge in [0.05, 0.1) is 0 Å². The molecule has 0 fully saturated rings. The molecule has 1 N–H and O–H groups in total. The van der Waals surface area contributed by atoms with E-state index in [1.807, 2.05) is 42.5 Å². The zero-order valence-electron chi connectivity index (χ0n) is 10.8. The van der Waals surface area contributed by atoms with Gasteiger partial charge in [-0.2, -0.15) is 0 Å². The normalized spacial score (nSPS) is 12.5. The second-order valence-electron chi connectivity index (χ2n) is 4.75. The summed E-state index contributed by atoms with van der Waals surface area (Å²) in [4.78, 5) is 14.8. The highest BCUT2D eigenvalue weighted by atomic mass is 16.1. The summed E-state index contributed by atoms with van der Waals surface area (Å²) in [5, 5.41) is 0.996. The maximum Gasteiger partial charge on any atom is 0.152 e. The summed E-state index contributed by atoms with van der Waals surface area (Å²) in [6, 6.07) is 18.1. The van der Waals surface area contributed by atoms with Crippen LogP contribution in [0.4, 0.5) is 0 Å². The van der Waals surface area contributed by atoms with Crippen LogP contribution in [0.1, 0.15) is 34.5 Å². The van der Waals surface area contributed by atoms with E-state index in [1.54, 1.807) is 0 Å². The van der Waals surface area contributed by atoms with E-state index in [1.165, 1.54) is 5.56 Å². The molecule has 2 aromatic carbocycles. The minimum atomic E-state index is 0.175. The van der Waals surface area contributed by atoms with E-state index >= 15 is 0 Å². The number of rotatable bonds is 3. The summed E-state index contributed by atoms with van der Waals surface area (Å²) in [5.74, 6) is 0.175. The molecular weight excluding hydrogens is 234 g/mol. The van der Waals surface area contributed by atoms with Gasteiger partial charge in [-0.25, -0.2) is 0 Å². The Labute approximate surface area is 112 Å². The molecule has 19 heavy (non-hydrogen) atoms. The number of fused-ring (bicyclic) bond motifs is 1. The molecule has 0 aliphatic heterocycles. The smallest absolute Gasteiger partial charge is 0.152 e. The van der Waals surface area contributed by atoms with Crippen molar-refractivity contribution in [2.75, 3.05) is 0 Å². The van der Waals surface area contributed by atoms with E-state index in [0.717, 1.165) is 28.4 Å². The summed E-state index contributed by atoms with van der Waals surface area (Å²) in [7, 11) is 0. The molecule has 0 amide bonds. The van der Waals surface area contributed by atoms with Crippen LogP contribution in [0.25, 0.3) is 10.9 Å². The van der Waals surface area contributed by atoms with Crippen LogP contribution in [0.15, 0.2) is 54.6 Å². The topological polar surface area (TPSA) is 32.9 Å². The fraction of sp³-hybridized carbons (Fsp3) is 0.118. The minimum Gasteiger partial charge on any atom is -0.357 e. The quantitative estimate of drug-likeness (QED) is 0.695. The lowest BCUT2D eigenvalue weighted by molar-refractivity contribution is 0.112. The lowest BCUT2D eigenvalue weighted by Gasteiger charge is -2.11. The highest BCUT2D eigenvalue weighted by molar-refractivity contribution is 5.99. The van der Waals surface area contributed by atoms with Gasteiger partial charge in [0.2, 0.25) is 0 Å². The van der Waals surface area contributed by atoms with Gasteiger partial charge in [0.1, 0.15) is 0 Å². The molecule has 94 valence electrons. The summed E-state index contributed by atoms with van der Waals surface area (Å²) in [6.07, 6.45) is 0.952. The second-order valence-corrected chi connectivity index (χ2v) is 4.75. The van der Waals surface area contributed by atoms with E-state index < -0.39 is 0 Å². The number of carbonyl (C=O) groups is 1. The average molecular weight is 249 g/mol. The van der Waals surface area contributed by atoms with E-state index in [0.29, 0.717) is 0 Å². The van der Waals surface area contributed by atoms with Crippen molar-refractivity contribution >= 4 is 17.2 Å². The predicted molar refractivity (Wildman–Crippen MR) is 77.6 cm³/mol. The molecule has 0 radical (unpaired) electrons. The van der Waals surface area contributed by atoms with Gasteiger partial charge in [0, 0.05) is 28.1 Å². The average Bonchev–Trinajstić information content (AvgIpc) is 2.85. The molecule has 0 aliphatic rings. The summed E-state index contributed by atoms with van der Waals surface area (Å²) < 4.78 is 0. The Morgan fingerprint density at radius 3 is 2.42 bits per heavy atom. The van der Waals surface area contributed by atoms with Crippen LogP contribution >= 0.6 is 0 Å². The SMILES string of the molecule is CC(c1ccccc1)c1[nH]c2ccccc2c1C=O. The maximum absolute atomic E-state index is 11.4. The van der Waals surface area contributed by atoms with Crippen LogP contribution < -0.4 is 0 Å². The summed E-state index contributed by atoms with van der Waals surface area (Å²) >= 11 is 0.